The van der Waals surface area contributed by atoms with Gasteiger partial charge in [-0.15, -0.1) is 0 Å². The monoisotopic (exact) mass is 1290 g/mol. The molecule has 0 fully saturated rings. The zero-order valence-electron chi connectivity index (χ0n) is 51.9. The number of rotatable bonds is 33. The molecule has 17 nitrogen and oxygen atoms in total. The van der Waals surface area contributed by atoms with Crippen molar-refractivity contribution in [2.75, 3.05) is 38.4 Å². The van der Waals surface area contributed by atoms with Crippen LogP contribution in [-0.2, 0) is 34.7 Å². The SMILES string of the molecule is CCCS(=O)(=O)c1nc2ccc(OCCCCCC(=O)O)cc2n1-c1ccccc1.CCCSc1nc2ccc(OCCCCCC(=O)O)cc2n1-c1ccccc1.COC(=O)CCCCCOc1ccc2nc(SCc3ccccc3)n(-c3ccccc3)c2c1. The molecule has 0 unspecified atom stereocenters. The number of fused-ring (bicyclic) bond motifs is 3. The van der Waals surface area contributed by atoms with Gasteiger partial charge in [0.15, 0.2) is 10.3 Å². The predicted octanol–water partition coefficient (Wildman–Crippen LogP) is 16.2. The molecule has 10 rings (SSSR count). The van der Waals surface area contributed by atoms with E-state index in [1.165, 1.54) is 12.7 Å². The number of ether oxygens (including phenoxy) is 4. The van der Waals surface area contributed by atoms with Gasteiger partial charge in [-0.05, 0) is 149 Å². The average Bonchev–Trinajstić information content (AvgIpc) is 1.75. The van der Waals surface area contributed by atoms with E-state index in [0.29, 0.717) is 62.3 Å². The third-order valence-electron chi connectivity index (χ3n) is 14.4. The molecule has 0 atom stereocenters. The summed E-state index contributed by atoms with van der Waals surface area (Å²) in [6.07, 6.45) is 9.63. The molecule has 0 spiro atoms. The van der Waals surface area contributed by atoms with Gasteiger partial charge < -0.3 is 29.2 Å². The van der Waals surface area contributed by atoms with E-state index < -0.39 is 21.8 Å². The maximum Gasteiger partial charge on any atom is 0.305 e. The standard InChI is InChI=1S/C27H28N2O3S.C22H26N2O5S.C22H26N2O3S/c1-31-26(30)15-9-4-10-18-32-23-16-17-24-25(19-23)29(22-13-7-3-8-14-22)27(28-24)33-20-21-11-5-2-6-12-21;1-2-15-30(27,28)22-23-19-13-12-18(29-14-8-4-7-11-21(25)26)16-20(19)24(22)17-9-5-3-6-10-17;1-2-15-28-22-23-19-13-12-18(27-14-8-4-7-11-21(25)26)16-20(19)24(22)17-9-5-3-6-10-17/h2-3,5-8,11-14,16-17,19H,4,9-10,15,18,20H2,1H3;3,5-6,9-10,12-13,16H,2,4,7-8,11,14-15H2,1H3,(H,25,26);3,5-6,9-10,12-13,16H,2,4,7-8,11,14-15H2,1H3,(H,25,26). The summed E-state index contributed by atoms with van der Waals surface area (Å²) in [5.74, 6) is 2.49. The number of imidazole rings is 3. The van der Waals surface area contributed by atoms with Crippen molar-refractivity contribution >= 4 is 84.4 Å². The molecule has 0 amide bonds. The third kappa shape index (κ3) is 20.5. The lowest BCUT2D eigenvalue weighted by molar-refractivity contribution is -0.141. The zero-order chi connectivity index (χ0) is 64.2. The molecule has 0 aliphatic rings. The number of hydrogen-bond donors (Lipinski definition) is 2. The van der Waals surface area contributed by atoms with Gasteiger partial charge >= 0.3 is 17.9 Å². The van der Waals surface area contributed by atoms with E-state index in [1.54, 1.807) is 46.3 Å². The second kappa shape index (κ2) is 35.7. The molecule has 3 aromatic heterocycles. The van der Waals surface area contributed by atoms with Crippen LogP contribution in [0.5, 0.6) is 17.2 Å². The van der Waals surface area contributed by atoms with Gasteiger partial charge in [0, 0.05) is 66.0 Å². The number of carboxylic acid groups (broad SMARTS) is 2. The summed E-state index contributed by atoms with van der Waals surface area (Å²) in [6, 6.07) is 57.7. The van der Waals surface area contributed by atoms with E-state index in [1.807, 2.05) is 110 Å². The van der Waals surface area contributed by atoms with E-state index in [4.69, 9.17) is 34.4 Å². The van der Waals surface area contributed by atoms with Crippen LogP contribution < -0.4 is 14.2 Å². The predicted molar refractivity (Wildman–Crippen MR) is 362 cm³/mol. The molecule has 10 aromatic rings. The van der Waals surface area contributed by atoms with Crippen molar-refractivity contribution in [3.63, 3.8) is 0 Å². The van der Waals surface area contributed by atoms with E-state index in [2.05, 4.69) is 80.4 Å². The summed E-state index contributed by atoms with van der Waals surface area (Å²) >= 11 is 3.50. The molecule has 2 N–H and O–H groups in total. The number of thioether (sulfide) groups is 2. The Morgan fingerprint density at radius 1 is 0.462 bits per heavy atom. The minimum Gasteiger partial charge on any atom is -0.494 e. The number of benzene rings is 7. The van der Waals surface area contributed by atoms with Gasteiger partial charge in [0.25, 0.3) is 0 Å². The molecule has 91 heavy (non-hydrogen) atoms. The van der Waals surface area contributed by atoms with E-state index in [-0.39, 0.29) is 29.7 Å². The molecular weight excluding hydrogens is 1210 g/mol. The number of methoxy groups -OCH3 is 1. The van der Waals surface area contributed by atoms with Crippen LogP contribution in [0.4, 0.5) is 0 Å². The summed E-state index contributed by atoms with van der Waals surface area (Å²) in [7, 11) is -2.11. The number of aliphatic carboxylic acids is 2. The van der Waals surface area contributed by atoms with Crippen molar-refractivity contribution in [2.45, 2.75) is 125 Å². The number of sulfone groups is 1. The minimum atomic E-state index is -3.54. The summed E-state index contributed by atoms with van der Waals surface area (Å²) in [5.41, 5.74) is 9.38. The number of para-hydroxylation sites is 3. The summed E-state index contributed by atoms with van der Waals surface area (Å²) in [4.78, 5) is 46.5. The van der Waals surface area contributed by atoms with Crippen molar-refractivity contribution in [1.82, 2.24) is 28.7 Å². The molecule has 0 aliphatic carbocycles. The van der Waals surface area contributed by atoms with Crippen LogP contribution >= 0.6 is 23.5 Å². The molecule has 7 aromatic carbocycles. The number of carbonyl (C=O) groups excluding carboxylic acids is 1. The number of hydrogen-bond acceptors (Lipinski definition) is 14. The van der Waals surface area contributed by atoms with Crippen LogP contribution in [-0.4, -0.2) is 104 Å². The maximum atomic E-state index is 12.8. The highest BCUT2D eigenvalue weighted by Gasteiger charge is 2.25. The quantitative estimate of drug-likeness (QED) is 0.0222. The summed E-state index contributed by atoms with van der Waals surface area (Å²) in [5, 5.41) is 19.4. The molecule has 20 heteroatoms. The van der Waals surface area contributed by atoms with Gasteiger partial charge in [0.2, 0.25) is 15.0 Å². The number of carboxylic acids is 2. The van der Waals surface area contributed by atoms with Gasteiger partial charge in [-0.3, -0.25) is 28.1 Å². The van der Waals surface area contributed by atoms with Gasteiger partial charge in [-0.25, -0.2) is 23.4 Å². The number of unbranched alkanes of at least 4 members (excludes halogenated alkanes) is 6. The largest absolute Gasteiger partial charge is 0.494 e. The smallest absolute Gasteiger partial charge is 0.305 e. The van der Waals surface area contributed by atoms with E-state index in [0.717, 1.165) is 124 Å². The van der Waals surface area contributed by atoms with Gasteiger partial charge in [0.1, 0.15) is 17.2 Å². The molecule has 0 saturated carbocycles. The molecule has 3 heterocycles. The topological polar surface area (TPSA) is 216 Å². The Morgan fingerprint density at radius 3 is 1.27 bits per heavy atom. The first-order valence-electron chi connectivity index (χ1n) is 31.0. The highest BCUT2D eigenvalue weighted by molar-refractivity contribution is 7.99. The van der Waals surface area contributed by atoms with Crippen molar-refractivity contribution in [1.29, 1.82) is 0 Å². The number of esters is 1. The highest BCUT2D eigenvalue weighted by atomic mass is 32.2. The molecule has 0 aliphatic heterocycles. The first kappa shape index (κ1) is 68.3. The van der Waals surface area contributed by atoms with Gasteiger partial charge in [0.05, 0.1) is 65.8 Å². The van der Waals surface area contributed by atoms with Crippen molar-refractivity contribution < 1.29 is 52.0 Å². The lowest BCUT2D eigenvalue weighted by Gasteiger charge is -2.10. The van der Waals surface area contributed by atoms with E-state index in [9.17, 15) is 22.8 Å². The molecule has 0 saturated heterocycles. The van der Waals surface area contributed by atoms with Crippen molar-refractivity contribution in [2.24, 2.45) is 0 Å². The Labute approximate surface area is 541 Å². The van der Waals surface area contributed by atoms with Crippen LogP contribution in [0.2, 0.25) is 0 Å². The van der Waals surface area contributed by atoms with Crippen LogP contribution in [0.3, 0.4) is 0 Å². The highest BCUT2D eigenvalue weighted by Crippen LogP contribution is 2.34. The molecule has 0 bridgehead atoms. The Hall–Kier alpha value is -8.59. The van der Waals surface area contributed by atoms with Crippen molar-refractivity contribution in [3.05, 3.63) is 181 Å². The fraction of sp³-hybridized carbons (Fsp3) is 0.324. The number of aromatic nitrogens is 6. The lowest BCUT2D eigenvalue weighted by Crippen LogP contribution is -2.13. The fourth-order valence-electron chi connectivity index (χ4n) is 9.86. The first-order valence-corrected chi connectivity index (χ1v) is 34.6. The fourth-order valence-corrected chi connectivity index (χ4v) is 13.2. The van der Waals surface area contributed by atoms with Crippen LogP contribution in [0.1, 0.15) is 109 Å². The zero-order valence-corrected chi connectivity index (χ0v) is 54.3. The number of nitrogens with zero attached hydrogens (tertiary/aromatic N) is 6. The second-order valence-electron chi connectivity index (χ2n) is 21.4. The Balaban J connectivity index is 0.000000177. The Kier molecular flexibility index (Phi) is 26.8. The van der Waals surface area contributed by atoms with Gasteiger partial charge in [-0.2, -0.15) is 0 Å². The maximum absolute atomic E-state index is 12.8. The first-order chi connectivity index (χ1) is 44.3. The van der Waals surface area contributed by atoms with Crippen LogP contribution in [0.25, 0.3) is 50.2 Å². The lowest BCUT2D eigenvalue weighted by atomic mass is 10.2. The summed E-state index contributed by atoms with van der Waals surface area (Å²) in [6.45, 7) is 5.66. The number of carbonyl (C=O) groups is 3. The van der Waals surface area contributed by atoms with Gasteiger partial charge in [-0.1, -0.05) is 122 Å². The Bertz CT molecular complexity index is 4010. The summed E-state index contributed by atoms with van der Waals surface area (Å²) < 4.78 is 54.2. The average molecular weight is 1290 g/mol. The van der Waals surface area contributed by atoms with E-state index >= 15 is 0 Å². The third-order valence-corrected chi connectivity index (χ3v) is 18.3. The van der Waals surface area contributed by atoms with Crippen LogP contribution in [0, 0.1) is 0 Å². The molecular formula is C71H80N6O11S3. The minimum absolute atomic E-state index is 0.0306. The molecule has 0 radical (unpaired) electrons. The molecule has 478 valence electrons. The van der Waals surface area contributed by atoms with Crippen LogP contribution in [0.15, 0.2) is 191 Å². The Morgan fingerprint density at radius 2 is 0.857 bits per heavy atom. The normalized spacial score (nSPS) is 11.2. The van der Waals surface area contributed by atoms with Crippen molar-refractivity contribution in [3.8, 4) is 34.3 Å². The second-order valence-corrected chi connectivity index (χ2v) is 25.4.